The van der Waals surface area contributed by atoms with Crippen molar-refractivity contribution in [2.45, 2.75) is 37.7 Å². The Labute approximate surface area is 103 Å². The molecule has 1 fully saturated rings. The molecule has 2 nitrogen and oxygen atoms in total. The maximum atomic E-state index is 9.58. The van der Waals surface area contributed by atoms with Gasteiger partial charge in [-0.1, -0.05) is 24.3 Å². The van der Waals surface area contributed by atoms with Crippen molar-refractivity contribution in [2.75, 3.05) is 19.6 Å². The van der Waals surface area contributed by atoms with Crippen molar-refractivity contribution in [1.82, 2.24) is 4.90 Å². The highest BCUT2D eigenvalue weighted by atomic mass is 16.3. The zero-order chi connectivity index (χ0) is 11.7. The van der Waals surface area contributed by atoms with E-state index in [-0.39, 0.29) is 6.10 Å². The molecule has 1 unspecified atom stereocenters. The molecule has 2 atom stereocenters. The molecule has 1 saturated heterocycles. The smallest absolute Gasteiger partial charge is 0.0679 e. The maximum Gasteiger partial charge on any atom is 0.0679 e. The summed E-state index contributed by atoms with van der Waals surface area (Å²) in [5, 5.41) is 9.58. The van der Waals surface area contributed by atoms with E-state index in [4.69, 9.17) is 0 Å². The van der Waals surface area contributed by atoms with Crippen molar-refractivity contribution in [1.29, 1.82) is 0 Å². The molecule has 0 aromatic heterocycles. The summed E-state index contributed by atoms with van der Waals surface area (Å²) >= 11 is 0. The van der Waals surface area contributed by atoms with Gasteiger partial charge < -0.3 is 10.0 Å². The second kappa shape index (κ2) is 4.79. The Morgan fingerprint density at radius 1 is 1.24 bits per heavy atom. The average molecular weight is 231 g/mol. The van der Waals surface area contributed by atoms with E-state index in [9.17, 15) is 5.11 Å². The number of hydrogen-bond donors (Lipinski definition) is 1. The molecule has 2 aliphatic rings. The summed E-state index contributed by atoms with van der Waals surface area (Å²) < 4.78 is 0. The molecule has 2 heteroatoms. The predicted octanol–water partition coefficient (Wildman–Crippen LogP) is 2.17. The third-order valence-electron chi connectivity index (χ3n) is 4.22. The van der Waals surface area contributed by atoms with Gasteiger partial charge in [0.1, 0.15) is 0 Å². The second-order valence-corrected chi connectivity index (χ2v) is 5.49. The average Bonchev–Trinajstić information content (AvgIpc) is 2.75. The fourth-order valence-corrected chi connectivity index (χ4v) is 3.33. The van der Waals surface area contributed by atoms with Crippen LogP contribution in [0.3, 0.4) is 0 Å². The number of rotatable bonds is 2. The summed E-state index contributed by atoms with van der Waals surface area (Å²) in [6.45, 7) is 3.08. The summed E-state index contributed by atoms with van der Waals surface area (Å²) in [5.74, 6) is 0.685. The highest BCUT2D eigenvalue weighted by molar-refractivity contribution is 5.32. The molecule has 3 rings (SSSR count). The Morgan fingerprint density at radius 3 is 2.94 bits per heavy atom. The summed E-state index contributed by atoms with van der Waals surface area (Å²) in [6, 6.07) is 8.89. The van der Waals surface area contributed by atoms with Crippen molar-refractivity contribution < 1.29 is 5.11 Å². The molecule has 1 heterocycles. The van der Waals surface area contributed by atoms with Gasteiger partial charge in [0, 0.05) is 19.6 Å². The molecule has 0 saturated carbocycles. The van der Waals surface area contributed by atoms with Crippen LogP contribution < -0.4 is 0 Å². The Kier molecular flexibility index (Phi) is 3.17. The van der Waals surface area contributed by atoms with Crippen LogP contribution >= 0.6 is 0 Å². The summed E-state index contributed by atoms with van der Waals surface area (Å²) in [4.78, 5) is 2.43. The van der Waals surface area contributed by atoms with E-state index < -0.39 is 0 Å². The van der Waals surface area contributed by atoms with Crippen LogP contribution in [-0.2, 0) is 6.42 Å². The third kappa shape index (κ3) is 2.38. The van der Waals surface area contributed by atoms with Crippen LogP contribution in [-0.4, -0.2) is 35.7 Å². The quantitative estimate of drug-likeness (QED) is 0.843. The predicted molar refractivity (Wildman–Crippen MR) is 69.2 cm³/mol. The van der Waals surface area contributed by atoms with Crippen LogP contribution in [0.2, 0.25) is 0 Å². The number of fused-ring (bicyclic) bond motifs is 1. The summed E-state index contributed by atoms with van der Waals surface area (Å²) in [5.41, 5.74) is 3.10. The van der Waals surface area contributed by atoms with Crippen LogP contribution in [0.15, 0.2) is 24.3 Å². The molecule has 92 valence electrons. The van der Waals surface area contributed by atoms with Gasteiger partial charge in [-0.25, -0.2) is 0 Å². The van der Waals surface area contributed by atoms with E-state index in [2.05, 4.69) is 29.2 Å². The minimum absolute atomic E-state index is 0.0890. The standard InChI is InChI=1S/C15H21NO/c17-14-8-9-16(11-14)10-13-6-3-5-12-4-1-2-7-15(12)13/h1-2,4,7,13-14,17H,3,5-6,8-11H2/t13?,14-/m0/s1. The van der Waals surface area contributed by atoms with Crippen LogP contribution in [0, 0.1) is 0 Å². The number of aryl methyl sites for hydroxylation is 1. The van der Waals surface area contributed by atoms with Gasteiger partial charge in [-0.2, -0.15) is 0 Å². The number of nitrogens with zero attached hydrogens (tertiary/aromatic N) is 1. The molecule has 0 amide bonds. The molecular weight excluding hydrogens is 210 g/mol. The maximum absolute atomic E-state index is 9.58. The van der Waals surface area contributed by atoms with Gasteiger partial charge in [-0.3, -0.25) is 0 Å². The normalized spacial score (nSPS) is 29.2. The molecule has 1 N–H and O–H groups in total. The lowest BCUT2D eigenvalue weighted by Gasteiger charge is -2.29. The number of hydrogen-bond acceptors (Lipinski definition) is 2. The summed E-state index contributed by atoms with van der Waals surface area (Å²) in [6.07, 6.45) is 4.74. The van der Waals surface area contributed by atoms with Gasteiger partial charge in [0.25, 0.3) is 0 Å². The van der Waals surface area contributed by atoms with E-state index >= 15 is 0 Å². The Balaban J connectivity index is 1.72. The Bertz CT molecular complexity index is 390. The first-order valence-corrected chi connectivity index (χ1v) is 6.81. The van der Waals surface area contributed by atoms with Crippen LogP contribution in [0.1, 0.15) is 36.3 Å². The number of aliphatic hydroxyl groups is 1. The molecular formula is C15H21NO. The zero-order valence-electron chi connectivity index (χ0n) is 10.3. The molecule has 1 aliphatic carbocycles. The van der Waals surface area contributed by atoms with E-state index in [0.717, 1.165) is 26.1 Å². The lowest BCUT2D eigenvalue weighted by molar-refractivity contribution is 0.173. The Hall–Kier alpha value is -0.860. The van der Waals surface area contributed by atoms with E-state index in [1.807, 2.05) is 0 Å². The topological polar surface area (TPSA) is 23.5 Å². The van der Waals surface area contributed by atoms with Gasteiger partial charge in [0.2, 0.25) is 0 Å². The van der Waals surface area contributed by atoms with Crippen LogP contribution in [0.4, 0.5) is 0 Å². The van der Waals surface area contributed by atoms with Crippen molar-refractivity contribution in [3.63, 3.8) is 0 Å². The van der Waals surface area contributed by atoms with Crippen molar-refractivity contribution in [3.8, 4) is 0 Å². The van der Waals surface area contributed by atoms with E-state index in [1.54, 1.807) is 11.1 Å². The molecule has 1 aromatic carbocycles. The highest BCUT2D eigenvalue weighted by Crippen LogP contribution is 2.32. The molecule has 1 aliphatic heterocycles. The van der Waals surface area contributed by atoms with Crippen molar-refractivity contribution >= 4 is 0 Å². The SMILES string of the molecule is O[C@H]1CCN(CC2CCCc3ccccc32)C1. The number of likely N-dealkylation sites (tertiary alicyclic amines) is 1. The molecule has 17 heavy (non-hydrogen) atoms. The third-order valence-corrected chi connectivity index (χ3v) is 4.22. The minimum atomic E-state index is -0.0890. The largest absolute Gasteiger partial charge is 0.392 e. The fraction of sp³-hybridized carbons (Fsp3) is 0.600. The van der Waals surface area contributed by atoms with Crippen molar-refractivity contribution in [2.24, 2.45) is 0 Å². The van der Waals surface area contributed by atoms with Gasteiger partial charge in [-0.05, 0) is 42.7 Å². The van der Waals surface area contributed by atoms with Gasteiger partial charge in [0.05, 0.1) is 6.10 Å². The lowest BCUT2D eigenvalue weighted by Crippen LogP contribution is -2.29. The Morgan fingerprint density at radius 2 is 2.12 bits per heavy atom. The first-order chi connectivity index (χ1) is 8.33. The van der Waals surface area contributed by atoms with Crippen LogP contribution in [0.25, 0.3) is 0 Å². The molecule has 0 radical (unpaired) electrons. The first-order valence-electron chi connectivity index (χ1n) is 6.81. The lowest BCUT2D eigenvalue weighted by atomic mass is 9.82. The number of β-amino-alcohol motifs (C(OH)–C–C–N with tert-alkyl or cyclic N) is 1. The van der Waals surface area contributed by atoms with Gasteiger partial charge in [0.15, 0.2) is 0 Å². The van der Waals surface area contributed by atoms with Crippen molar-refractivity contribution in [3.05, 3.63) is 35.4 Å². The molecule has 0 bridgehead atoms. The minimum Gasteiger partial charge on any atom is -0.392 e. The molecule has 1 aromatic rings. The first kappa shape index (κ1) is 11.2. The van der Waals surface area contributed by atoms with E-state index in [1.165, 1.54) is 19.3 Å². The monoisotopic (exact) mass is 231 g/mol. The second-order valence-electron chi connectivity index (χ2n) is 5.49. The number of benzene rings is 1. The molecule has 0 spiro atoms. The number of aliphatic hydroxyl groups excluding tert-OH is 1. The van der Waals surface area contributed by atoms with E-state index in [0.29, 0.717) is 5.92 Å². The van der Waals surface area contributed by atoms with Gasteiger partial charge >= 0.3 is 0 Å². The van der Waals surface area contributed by atoms with Gasteiger partial charge in [-0.15, -0.1) is 0 Å². The van der Waals surface area contributed by atoms with Crippen LogP contribution in [0.5, 0.6) is 0 Å². The zero-order valence-corrected chi connectivity index (χ0v) is 10.3. The fourth-order valence-electron chi connectivity index (χ4n) is 3.33. The summed E-state index contributed by atoms with van der Waals surface area (Å²) in [7, 11) is 0. The highest BCUT2D eigenvalue weighted by Gasteiger charge is 2.26.